The van der Waals surface area contributed by atoms with Crippen LogP contribution in [-0.4, -0.2) is 73.9 Å². The monoisotopic (exact) mass is 560 g/mol. The van der Waals surface area contributed by atoms with Gasteiger partial charge >= 0.3 is 5.97 Å². The normalized spacial score (nSPS) is 22.9. The number of carbonyl (C=O) groups is 4. The van der Waals surface area contributed by atoms with Crippen LogP contribution < -0.4 is 10.6 Å². The van der Waals surface area contributed by atoms with Crippen molar-refractivity contribution in [3.8, 4) is 6.07 Å². The average Bonchev–Trinajstić information content (AvgIpc) is 3.57. The summed E-state index contributed by atoms with van der Waals surface area (Å²) in [6.45, 7) is 0. The Morgan fingerprint density at radius 1 is 1.46 bits per heavy atom. The number of carboxylic acids is 1. The molecule has 0 saturated carbocycles. The highest BCUT2D eigenvalue weighted by Gasteiger charge is 2.54. The van der Waals surface area contributed by atoms with Gasteiger partial charge in [0.2, 0.25) is 6.41 Å². The standard InChI is InChI=1S/C22H20N6O6S3/c23-6-3-7-35-8-12-9-36-20-16(19(31)28(20)17(12)21(32)33)26-18(30)15(27-34-13-4-1-2-5-13)14-10-37-22(25-14)24-11-29/h1,3-4,7,10-11,13,16,20H,2,5,8-9H2,(H,26,30)(H,32,33)(H,24,25,29)/t13?,16?,20-/m0/s1. The van der Waals surface area contributed by atoms with E-state index in [1.165, 1.54) is 39.9 Å². The van der Waals surface area contributed by atoms with Crippen LogP contribution >= 0.6 is 34.9 Å². The summed E-state index contributed by atoms with van der Waals surface area (Å²) in [7, 11) is 0. The number of thioether (sulfide) groups is 2. The van der Waals surface area contributed by atoms with E-state index in [0.29, 0.717) is 29.9 Å². The fraction of sp³-hybridized carbons (Fsp3) is 0.318. The zero-order valence-corrected chi connectivity index (χ0v) is 21.5. The van der Waals surface area contributed by atoms with Crippen LogP contribution in [-0.2, 0) is 24.0 Å². The number of nitriles is 1. The maximum Gasteiger partial charge on any atom is 0.352 e. The lowest BCUT2D eigenvalue weighted by Gasteiger charge is -2.49. The van der Waals surface area contributed by atoms with Crippen LogP contribution in [0.2, 0.25) is 0 Å². The number of nitrogens with one attached hydrogen (secondary N) is 2. The number of rotatable bonds is 11. The van der Waals surface area contributed by atoms with Crippen molar-refractivity contribution in [1.82, 2.24) is 15.2 Å². The zero-order valence-electron chi connectivity index (χ0n) is 19.0. The number of hydrogen-bond donors (Lipinski definition) is 3. The highest BCUT2D eigenvalue weighted by atomic mass is 32.2. The molecule has 3 amide bonds. The van der Waals surface area contributed by atoms with Crippen molar-refractivity contribution in [3.05, 3.63) is 46.0 Å². The van der Waals surface area contributed by atoms with Crippen molar-refractivity contribution in [2.75, 3.05) is 16.8 Å². The molecule has 37 heavy (non-hydrogen) atoms. The maximum absolute atomic E-state index is 13.2. The third kappa shape index (κ3) is 5.87. The Labute approximate surface area is 223 Å². The molecule has 0 aromatic carbocycles. The summed E-state index contributed by atoms with van der Waals surface area (Å²) in [5.74, 6) is -1.85. The van der Waals surface area contributed by atoms with E-state index in [4.69, 9.17) is 10.1 Å². The second-order valence-electron chi connectivity index (χ2n) is 7.75. The van der Waals surface area contributed by atoms with Gasteiger partial charge in [0, 0.05) is 23.0 Å². The first-order valence-corrected chi connectivity index (χ1v) is 13.9. The summed E-state index contributed by atoms with van der Waals surface area (Å²) in [6, 6.07) is 0.892. The van der Waals surface area contributed by atoms with Gasteiger partial charge < -0.3 is 20.6 Å². The Morgan fingerprint density at radius 3 is 3.00 bits per heavy atom. The van der Waals surface area contributed by atoms with E-state index in [9.17, 15) is 24.3 Å². The summed E-state index contributed by atoms with van der Waals surface area (Å²) in [6.07, 6.45) is 6.75. The lowest BCUT2D eigenvalue weighted by atomic mass is 10.0. The van der Waals surface area contributed by atoms with Crippen LogP contribution in [0.4, 0.5) is 5.13 Å². The first kappa shape index (κ1) is 26.5. The minimum absolute atomic E-state index is 0.105. The van der Waals surface area contributed by atoms with E-state index < -0.39 is 29.2 Å². The molecule has 1 aliphatic carbocycles. The van der Waals surface area contributed by atoms with Crippen molar-refractivity contribution in [2.45, 2.75) is 30.4 Å². The second-order valence-corrected chi connectivity index (χ2v) is 10.6. The van der Waals surface area contributed by atoms with E-state index in [-0.39, 0.29) is 28.3 Å². The summed E-state index contributed by atoms with van der Waals surface area (Å²) >= 11 is 3.68. The van der Waals surface area contributed by atoms with Crippen LogP contribution in [0, 0.1) is 11.3 Å². The molecular formula is C22H20N6O6S3. The topological polar surface area (TPSA) is 174 Å². The highest BCUT2D eigenvalue weighted by Crippen LogP contribution is 2.41. The zero-order chi connectivity index (χ0) is 26.4. The van der Waals surface area contributed by atoms with E-state index >= 15 is 0 Å². The molecular weight excluding hydrogens is 540 g/mol. The molecule has 12 nitrogen and oxygen atoms in total. The average molecular weight is 561 g/mol. The first-order chi connectivity index (χ1) is 17.9. The molecule has 2 aliphatic heterocycles. The van der Waals surface area contributed by atoms with Crippen molar-refractivity contribution >= 4 is 69.9 Å². The highest BCUT2D eigenvalue weighted by molar-refractivity contribution is 8.02. The van der Waals surface area contributed by atoms with Gasteiger partial charge in [-0.2, -0.15) is 5.26 Å². The number of anilines is 1. The molecule has 3 heterocycles. The van der Waals surface area contributed by atoms with E-state index in [2.05, 4.69) is 20.8 Å². The minimum atomic E-state index is -1.23. The molecule has 1 aromatic rings. The quantitative estimate of drug-likeness (QED) is 0.0902. The number of amides is 3. The van der Waals surface area contributed by atoms with Crippen molar-refractivity contribution in [2.24, 2.45) is 5.16 Å². The first-order valence-electron chi connectivity index (χ1n) is 10.9. The number of carbonyl (C=O) groups excluding carboxylic acids is 3. The second kappa shape index (κ2) is 12.1. The molecule has 3 aliphatic rings. The van der Waals surface area contributed by atoms with Gasteiger partial charge in [-0.25, -0.2) is 9.78 Å². The molecule has 2 unspecified atom stereocenters. The van der Waals surface area contributed by atoms with Gasteiger partial charge in [0.1, 0.15) is 28.9 Å². The number of carboxylic acid groups (broad SMARTS) is 1. The third-order valence-corrected chi connectivity index (χ3v) is 8.38. The Kier molecular flexibility index (Phi) is 8.64. The summed E-state index contributed by atoms with van der Waals surface area (Å²) in [5.41, 5.74) is 0.436. The van der Waals surface area contributed by atoms with Crippen molar-refractivity contribution in [3.63, 3.8) is 0 Å². The predicted octanol–water partition coefficient (Wildman–Crippen LogP) is 1.66. The molecule has 1 fully saturated rings. The maximum atomic E-state index is 13.2. The molecule has 15 heteroatoms. The Morgan fingerprint density at radius 2 is 2.30 bits per heavy atom. The van der Waals surface area contributed by atoms with Gasteiger partial charge in [-0.3, -0.25) is 19.3 Å². The van der Waals surface area contributed by atoms with Gasteiger partial charge in [-0.05, 0) is 29.9 Å². The lowest BCUT2D eigenvalue weighted by Crippen LogP contribution is -2.71. The summed E-state index contributed by atoms with van der Waals surface area (Å²) in [5, 5.41) is 30.2. The summed E-state index contributed by atoms with van der Waals surface area (Å²) in [4.78, 5) is 59.8. The van der Waals surface area contributed by atoms with Crippen molar-refractivity contribution < 1.29 is 29.1 Å². The molecule has 0 spiro atoms. The lowest BCUT2D eigenvalue weighted by molar-refractivity contribution is -0.150. The number of aliphatic carboxylic acids is 1. The van der Waals surface area contributed by atoms with Gasteiger partial charge in [-0.15, -0.1) is 34.9 Å². The SMILES string of the molecule is N#CC=CSCC1=C(C(=O)O)N2C(=O)C(NC(=O)C(=NOC3C=CCC3)c3csc(NC=O)n3)[C@@H]2SC1. The molecule has 1 aromatic heterocycles. The minimum Gasteiger partial charge on any atom is -0.477 e. The molecule has 1 saturated heterocycles. The number of aromatic nitrogens is 1. The molecule has 192 valence electrons. The molecule has 3 atom stereocenters. The largest absolute Gasteiger partial charge is 0.477 e. The van der Waals surface area contributed by atoms with E-state index in [0.717, 1.165) is 17.8 Å². The third-order valence-electron chi connectivity index (χ3n) is 5.43. The smallest absolute Gasteiger partial charge is 0.352 e. The number of hydrogen-bond acceptors (Lipinski definition) is 11. The van der Waals surface area contributed by atoms with Crippen LogP contribution in [0.1, 0.15) is 18.5 Å². The van der Waals surface area contributed by atoms with Gasteiger partial charge in [0.15, 0.2) is 10.8 Å². The Balaban J connectivity index is 1.50. The van der Waals surface area contributed by atoms with E-state index in [1.54, 1.807) is 5.41 Å². The summed E-state index contributed by atoms with van der Waals surface area (Å²) < 4.78 is 0. The van der Waals surface area contributed by atoms with Crippen LogP contribution in [0.15, 0.2) is 45.4 Å². The Hall–Kier alpha value is -3.61. The number of nitrogens with zero attached hydrogens (tertiary/aromatic N) is 4. The predicted molar refractivity (Wildman–Crippen MR) is 138 cm³/mol. The Bertz CT molecular complexity index is 1270. The fourth-order valence-electron chi connectivity index (χ4n) is 3.75. The number of fused-ring (bicyclic) bond motifs is 1. The number of β-lactam (4-membered cyclic amide) rings is 1. The molecule has 0 radical (unpaired) electrons. The number of oxime groups is 1. The number of allylic oxidation sites excluding steroid dienone is 2. The molecule has 4 rings (SSSR count). The van der Waals surface area contributed by atoms with Gasteiger partial charge in [0.05, 0.1) is 6.07 Å². The molecule has 3 N–H and O–H groups in total. The van der Waals surface area contributed by atoms with Crippen LogP contribution in [0.25, 0.3) is 0 Å². The molecule has 0 bridgehead atoms. The van der Waals surface area contributed by atoms with Gasteiger partial charge in [-0.1, -0.05) is 11.2 Å². The fourth-order valence-corrected chi connectivity index (χ4v) is 6.57. The van der Waals surface area contributed by atoms with Crippen LogP contribution in [0.3, 0.4) is 0 Å². The van der Waals surface area contributed by atoms with Gasteiger partial charge in [0.25, 0.3) is 11.8 Å². The van der Waals surface area contributed by atoms with Crippen LogP contribution in [0.5, 0.6) is 0 Å². The van der Waals surface area contributed by atoms with E-state index in [1.807, 2.05) is 18.2 Å². The number of thiazole rings is 1. The van der Waals surface area contributed by atoms with Crippen molar-refractivity contribution in [1.29, 1.82) is 5.26 Å².